The van der Waals surface area contributed by atoms with E-state index in [1.165, 1.54) is 0 Å². The van der Waals surface area contributed by atoms with Gasteiger partial charge < -0.3 is 4.74 Å². The topological polar surface area (TPSA) is 63.7 Å². The average Bonchev–Trinajstić information content (AvgIpc) is 3.02. The third-order valence-corrected chi connectivity index (χ3v) is 4.69. The Balaban J connectivity index is 2.01. The van der Waals surface area contributed by atoms with Crippen molar-refractivity contribution in [1.82, 2.24) is 4.90 Å². The van der Waals surface area contributed by atoms with Gasteiger partial charge in [-0.05, 0) is 24.8 Å². The lowest BCUT2D eigenvalue weighted by molar-refractivity contribution is -0.160. The fraction of sp³-hybridized carbons (Fsp3) is 0.550. The number of amides is 2. The third-order valence-electron chi connectivity index (χ3n) is 4.69. The Morgan fingerprint density at radius 3 is 2.60 bits per heavy atom. The number of carbonyl (C=O) groups excluding carboxylic acids is 3. The maximum absolute atomic E-state index is 12.8. The van der Waals surface area contributed by atoms with E-state index in [-0.39, 0.29) is 30.8 Å². The second kappa shape index (κ2) is 9.35. The number of hydrogen-bond donors (Lipinski definition) is 0. The van der Waals surface area contributed by atoms with Gasteiger partial charge in [0.05, 0.1) is 0 Å². The Morgan fingerprint density at radius 2 is 1.96 bits per heavy atom. The first-order chi connectivity index (χ1) is 12.1. The first kappa shape index (κ1) is 19.2. The summed E-state index contributed by atoms with van der Waals surface area (Å²) in [6.45, 7) is 4.17. The van der Waals surface area contributed by atoms with Crippen LogP contribution in [0.25, 0.3) is 0 Å². The van der Waals surface area contributed by atoms with Crippen LogP contribution in [-0.4, -0.2) is 28.7 Å². The molecule has 0 radical (unpaired) electrons. The number of nitrogens with zero attached hydrogens (tertiary/aromatic N) is 1. The van der Waals surface area contributed by atoms with Crippen LogP contribution in [0.15, 0.2) is 30.3 Å². The minimum Gasteiger partial charge on any atom is -0.459 e. The van der Waals surface area contributed by atoms with Gasteiger partial charge in [-0.3, -0.25) is 14.5 Å². The van der Waals surface area contributed by atoms with Crippen molar-refractivity contribution in [2.75, 3.05) is 0 Å². The summed E-state index contributed by atoms with van der Waals surface area (Å²) in [6, 6.07) is 8.60. The summed E-state index contributed by atoms with van der Waals surface area (Å²) in [5.41, 5.74) is 0.882. The lowest BCUT2D eigenvalue weighted by Gasteiger charge is -2.25. The molecule has 1 unspecified atom stereocenters. The fourth-order valence-corrected chi connectivity index (χ4v) is 3.16. The summed E-state index contributed by atoms with van der Waals surface area (Å²) in [7, 11) is 0. The number of imide groups is 1. The zero-order chi connectivity index (χ0) is 18.2. The molecular formula is C20H27NO4. The molecule has 0 bridgehead atoms. The summed E-state index contributed by atoms with van der Waals surface area (Å²) >= 11 is 0. The number of esters is 1. The third kappa shape index (κ3) is 4.91. The van der Waals surface area contributed by atoms with E-state index in [1.807, 2.05) is 37.3 Å². The Kier molecular flexibility index (Phi) is 7.16. The maximum Gasteiger partial charge on any atom is 0.329 e. The minimum absolute atomic E-state index is 0.152. The SMILES string of the molecule is CCCCC(CC)C(=O)N1C(=O)CC[C@H]1C(=O)OCc1ccccc1. The Labute approximate surface area is 149 Å². The van der Waals surface area contributed by atoms with E-state index in [0.29, 0.717) is 12.8 Å². The highest BCUT2D eigenvalue weighted by Gasteiger charge is 2.42. The molecule has 1 aliphatic heterocycles. The Morgan fingerprint density at radius 1 is 1.24 bits per heavy atom. The number of unbranched alkanes of at least 4 members (excludes halogenated alkanes) is 1. The zero-order valence-electron chi connectivity index (χ0n) is 15.1. The molecule has 136 valence electrons. The molecule has 0 aliphatic carbocycles. The number of likely N-dealkylation sites (tertiary alicyclic amines) is 1. The molecule has 1 saturated heterocycles. The molecule has 0 spiro atoms. The van der Waals surface area contributed by atoms with Gasteiger partial charge in [0.25, 0.3) is 0 Å². The molecule has 2 atom stereocenters. The van der Waals surface area contributed by atoms with Crippen molar-refractivity contribution in [2.24, 2.45) is 5.92 Å². The molecule has 25 heavy (non-hydrogen) atoms. The standard InChI is InChI=1S/C20H27NO4/c1-3-5-11-16(4-2)19(23)21-17(12-13-18(21)22)20(24)25-14-15-9-7-6-8-10-15/h6-10,16-17H,3-5,11-14H2,1-2H3/t16?,17-/m0/s1. The molecular weight excluding hydrogens is 318 g/mol. The van der Waals surface area contributed by atoms with Crippen molar-refractivity contribution in [3.63, 3.8) is 0 Å². The molecule has 1 aromatic carbocycles. The summed E-state index contributed by atoms with van der Waals surface area (Å²) in [5, 5.41) is 0. The van der Waals surface area contributed by atoms with Crippen LogP contribution in [0.2, 0.25) is 0 Å². The van der Waals surface area contributed by atoms with Gasteiger partial charge in [0.2, 0.25) is 11.8 Å². The molecule has 2 rings (SSSR count). The van der Waals surface area contributed by atoms with Crippen LogP contribution in [0.3, 0.4) is 0 Å². The first-order valence-corrected chi connectivity index (χ1v) is 9.14. The summed E-state index contributed by atoms with van der Waals surface area (Å²) < 4.78 is 5.35. The Hall–Kier alpha value is -2.17. The van der Waals surface area contributed by atoms with E-state index in [9.17, 15) is 14.4 Å². The van der Waals surface area contributed by atoms with E-state index in [1.54, 1.807) is 0 Å². The van der Waals surface area contributed by atoms with Gasteiger partial charge in [-0.1, -0.05) is 57.0 Å². The predicted molar refractivity (Wildman–Crippen MR) is 94.4 cm³/mol. The van der Waals surface area contributed by atoms with Crippen molar-refractivity contribution in [3.05, 3.63) is 35.9 Å². The van der Waals surface area contributed by atoms with E-state index >= 15 is 0 Å². The predicted octanol–water partition coefficient (Wildman–Crippen LogP) is 3.46. The molecule has 1 aromatic rings. The summed E-state index contributed by atoms with van der Waals surface area (Å²) in [5.74, 6) is -1.18. The van der Waals surface area contributed by atoms with E-state index in [2.05, 4.69) is 6.92 Å². The van der Waals surface area contributed by atoms with Crippen LogP contribution in [-0.2, 0) is 25.7 Å². The van der Waals surface area contributed by atoms with Gasteiger partial charge >= 0.3 is 5.97 Å². The molecule has 1 heterocycles. The lowest BCUT2D eigenvalue weighted by Crippen LogP contribution is -2.46. The molecule has 1 fully saturated rings. The van der Waals surface area contributed by atoms with Gasteiger partial charge in [0.15, 0.2) is 0 Å². The van der Waals surface area contributed by atoms with Crippen LogP contribution in [0.5, 0.6) is 0 Å². The summed E-state index contributed by atoms with van der Waals surface area (Å²) in [4.78, 5) is 38.6. The van der Waals surface area contributed by atoms with E-state index in [0.717, 1.165) is 29.7 Å². The number of benzene rings is 1. The quantitative estimate of drug-likeness (QED) is 0.677. The minimum atomic E-state index is -0.778. The fourth-order valence-electron chi connectivity index (χ4n) is 3.16. The number of hydrogen-bond acceptors (Lipinski definition) is 4. The zero-order valence-corrected chi connectivity index (χ0v) is 15.1. The number of carbonyl (C=O) groups is 3. The molecule has 5 heteroatoms. The van der Waals surface area contributed by atoms with Crippen LogP contribution in [0, 0.1) is 5.92 Å². The summed E-state index contributed by atoms with van der Waals surface area (Å²) in [6.07, 6.45) is 3.94. The highest BCUT2D eigenvalue weighted by Crippen LogP contribution is 2.25. The Bertz CT molecular complexity index is 599. The molecule has 1 aliphatic rings. The monoisotopic (exact) mass is 345 g/mol. The molecule has 0 saturated carbocycles. The molecule has 2 amide bonds. The van der Waals surface area contributed by atoms with Crippen molar-refractivity contribution in [3.8, 4) is 0 Å². The molecule has 5 nitrogen and oxygen atoms in total. The van der Waals surface area contributed by atoms with Crippen LogP contribution in [0.4, 0.5) is 0 Å². The van der Waals surface area contributed by atoms with Crippen LogP contribution in [0.1, 0.15) is 57.9 Å². The highest BCUT2D eigenvalue weighted by molar-refractivity contribution is 6.02. The van der Waals surface area contributed by atoms with Gasteiger partial charge in [0.1, 0.15) is 12.6 Å². The van der Waals surface area contributed by atoms with Gasteiger partial charge in [-0.15, -0.1) is 0 Å². The number of rotatable bonds is 8. The van der Waals surface area contributed by atoms with Crippen LogP contribution >= 0.6 is 0 Å². The second-order valence-corrected chi connectivity index (χ2v) is 6.50. The van der Waals surface area contributed by atoms with E-state index in [4.69, 9.17) is 4.74 Å². The van der Waals surface area contributed by atoms with Gasteiger partial charge in [-0.2, -0.15) is 0 Å². The lowest BCUT2D eigenvalue weighted by atomic mass is 9.97. The van der Waals surface area contributed by atoms with Gasteiger partial charge in [-0.25, -0.2) is 4.79 Å². The number of ether oxygens (including phenoxy) is 1. The van der Waals surface area contributed by atoms with Crippen molar-refractivity contribution in [2.45, 2.75) is 65.0 Å². The largest absolute Gasteiger partial charge is 0.459 e. The first-order valence-electron chi connectivity index (χ1n) is 9.14. The highest BCUT2D eigenvalue weighted by atomic mass is 16.5. The second-order valence-electron chi connectivity index (χ2n) is 6.50. The van der Waals surface area contributed by atoms with Crippen molar-refractivity contribution in [1.29, 1.82) is 0 Å². The van der Waals surface area contributed by atoms with Crippen molar-refractivity contribution < 1.29 is 19.1 Å². The molecule has 0 aromatic heterocycles. The van der Waals surface area contributed by atoms with E-state index < -0.39 is 12.0 Å². The van der Waals surface area contributed by atoms with Crippen molar-refractivity contribution >= 4 is 17.8 Å². The normalized spacial score (nSPS) is 18.2. The average molecular weight is 345 g/mol. The smallest absolute Gasteiger partial charge is 0.329 e. The maximum atomic E-state index is 12.8. The van der Waals surface area contributed by atoms with Crippen LogP contribution < -0.4 is 0 Å². The molecule has 0 N–H and O–H groups in total. The van der Waals surface area contributed by atoms with Gasteiger partial charge in [0, 0.05) is 12.3 Å².